The maximum absolute atomic E-state index is 5.67. The van der Waals surface area contributed by atoms with Crippen LogP contribution in [0.4, 0.5) is 0 Å². The molecule has 1 saturated carbocycles. The second-order valence-electron chi connectivity index (χ2n) is 4.66. The van der Waals surface area contributed by atoms with Crippen molar-refractivity contribution in [2.24, 2.45) is 17.7 Å². The molecule has 0 bridgehead atoms. The molecule has 0 aromatic carbocycles. The maximum atomic E-state index is 5.67. The molecular formula is C12H20N4. The lowest BCUT2D eigenvalue weighted by atomic mass is 9.92. The smallest absolute Gasteiger partial charge is 0.115 e. The lowest BCUT2D eigenvalue weighted by molar-refractivity contribution is 0.357. The SMILES string of the molecule is CCC1CCC(C(NN)c2cncnc2)C1. The third-order valence-corrected chi connectivity index (χ3v) is 3.75. The summed E-state index contributed by atoms with van der Waals surface area (Å²) in [6.07, 6.45) is 10.4. The monoisotopic (exact) mass is 220 g/mol. The molecule has 3 atom stereocenters. The van der Waals surface area contributed by atoms with E-state index in [1.807, 2.05) is 12.4 Å². The molecule has 4 nitrogen and oxygen atoms in total. The molecule has 4 heteroatoms. The number of rotatable bonds is 4. The van der Waals surface area contributed by atoms with E-state index < -0.39 is 0 Å². The Kier molecular flexibility index (Phi) is 3.85. The Morgan fingerprint density at radius 3 is 2.75 bits per heavy atom. The van der Waals surface area contributed by atoms with Crippen LogP contribution >= 0.6 is 0 Å². The molecule has 1 fully saturated rings. The van der Waals surface area contributed by atoms with Gasteiger partial charge < -0.3 is 0 Å². The number of hydrazine groups is 1. The van der Waals surface area contributed by atoms with Crippen LogP contribution in [-0.4, -0.2) is 9.97 Å². The molecule has 88 valence electrons. The highest BCUT2D eigenvalue weighted by molar-refractivity contribution is 5.11. The summed E-state index contributed by atoms with van der Waals surface area (Å²) < 4.78 is 0. The molecule has 2 rings (SSSR count). The second kappa shape index (κ2) is 5.37. The van der Waals surface area contributed by atoms with Gasteiger partial charge in [0.1, 0.15) is 6.33 Å². The Morgan fingerprint density at radius 2 is 2.19 bits per heavy atom. The Hall–Kier alpha value is -1.00. The number of nitrogens with one attached hydrogen (secondary N) is 1. The van der Waals surface area contributed by atoms with Gasteiger partial charge in [-0.3, -0.25) is 11.3 Å². The van der Waals surface area contributed by atoms with Gasteiger partial charge >= 0.3 is 0 Å². The lowest BCUT2D eigenvalue weighted by Crippen LogP contribution is -2.33. The fourth-order valence-corrected chi connectivity index (χ4v) is 2.76. The molecule has 0 spiro atoms. The van der Waals surface area contributed by atoms with Gasteiger partial charge in [0.15, 0.2) is 0 Å². The first kappa shape index (κ1) is 11.5. The van der Waals surface area contributed by atoms with Crippen LogP contribution in [-0.2, 0) is 0 Å². The van der Waals surface area contributed by atoms with Crippen molar-refractivity contribution < 1.29 is 0 Å². The van der Waals surface area contributed by atoms with Gasteiger partial charge in [-0.25, -0.2) is 9.97 Å². The average molecular weight is 220 g/mol. The quantitative estimate of drug-likeness (QED) is 0.600. The minimum atomic E-state index is 0.206. The highest BCUT2D eigenvalue weighted by atomic mass is 15.2. The third kappa shape index (κ3) is 2.39. The standard InChI is InChI=1S/C12H20N4/c1-2-9-3-4-10(5-9)12(16-13)11-6-14-8-15-7-11/h6-10,12,16H,2-5,13H2,1H3. The van der Waals surface area contributed by atoms with Gasteiger partial charge in [-0.05, 0) is 24.7 Å². The van der Waals surface area contributed by atoms with E-state index in [1.165, 1.54) is 25.7 Å². The van der Waals surface area contributed by atoms with E-state index >= 15 is 0 Å². The van der Waals surface area contributed by atoms with Gasteiger partial charge in [-0.2, -0.15) is 0 Å². The van der Waals surface area contributed by atoms with Gasteiger partial charge in [0.25, 0.3) is 0 Å². The number of hydrogen-bond donors (Lipinski definition) is 2. The highest BCUT2D eigenvalue weighted by Gasteiger charge is 2.30. The Morgan fingerprint density at radius 1 is 1.44 bits per heavy atom. The first-order valence-electron chi connectivity index (χ1n) is 6.06. The number of hydrogen-bond acceptors (Lipinski definition) is 4. The van der Waals surface area contributed by atoms with Crippen LogP contribution in [0, 0.1) is 11.8 Å². The molecule has 1 aliphatic rings. The zero-order valence-electron chi connectivity index (χ0n) is 9.76. The van der Waals surface area contributed by atoms with E-state index in [0.717, 1.165) is 11.5 Å². The van der Waals surface area contributed by atoms with E-state index in [1.54, 1.807) is 6.33 Å². The molecule has 1 heterocycles. The number of aromatic nitrogens is 2. The van der Waals surface area contributed by atoms with Crippen molar-refractivity contribution in [3.63, 3.8) is 0 Å². The van der Waals surface area contributed by atoms with E-state index in [9.17, 15) is 0 Å². The van der Waals surface area contributed by atoms with Crippen LogP contribution in [0.2, 0.25) is 0 Å². The van der Waals surface area contributed by atoms with E-state index in [0.29, 0.717) is 5.92 Å². The molecule has 0 aliphatic heterocycles. The molecule has 16 heavy (non-hydrogen) atoms. The Bertz CT molecular complexity index is 314. The predicted molar refractivity (Wildman–Crippen MR) is 63.2 cm³/mol. The Labute approximate surface area is 96.6 Å². The predicted octanol–water partition coefficient (Wildman–Crippen LogP) is 1.81. The Balaban J connectivity index is 2.06. The average Bonchev–Trinajstić information content (AvgIpc) is 2.80. The minimum absolute atomic E-state index is 0.206. The van der Waals surface area contributed by atoms with Crippen LogP contribution in [0.5, 0.6) is 0 Å². The van der Waals surface area contributed by atoms with Crippen LogP contribution in [0.15, 0.2) is 18.7 Å². The third-order valence-electron chi connectivity index (χ3n) is 3.75. The molecule has 1 aromatic heterocycles. The fraction of sp³-hybridized carbons (Fsp3) is 0.667. The molecule has 3 unspecified atom stereocenters. The highest BCUT2D eigenvalue weighted by Crippen LogP contribution is 2.39. The van der Waals surface area contributed by atoms with Crippen molar-refractivity contribution >= 4 is 0 Å². The first-order chi connectivity index (χ1) is 7.85. The van der Waals surface area contributed by atoms with Crippen molar-refractivity contribution in [2.75, 3.05) is 0 Å². The summed E-state index contributed by atoms with van der Waals surface area (Å²) in [5.74, 6) is 7.16. The largest absolute Gasteiger partial charge is 0.271 e. The molecule has 0 radical (unpaired) electrons. The van der Waals surface area contributed by atoms with Crippen LogP contribution in [0.1, 0.15) is 44.2 Å². The first-order valence-corrected chi connectivity index (χ1v) is 6.06. The van der Waals surface area contributed by atoms with Crippen LogP contribution in [0.25, 0.3) is 0 Å². The summed E-state index contributed by atoms with van der Waals surface area (Å²) in [6.45, 7) is 2.27. The summed E-state index contributed by atoms with van der Waals surface area (Å²) in [7, 11) is 0. The molecule has 3 N–H and O–H groups in total. The van der Waals surface area contributed by atoms with Crippen molar-refractivity contribution in [2.45, 2.75) is 38.6 Å². The van der Waals surface area contributed by atoms with Gasteiger partial charge in [-0.15, -0.1) is 0 Å². The van der Waals surface area contributed by atoms with E-state index in [2.05, 4.69) is 22.3 Å². The van der Waals surface area contributed by atoms with Gasteiger partial charge in [0.05, 0.1) is 6.04 Å². The zero-order chi connectivity index (χ0) is 11.4. The number of nitrogens with zero attached hydrogens (tertiary/aromatic N) is 2. The van der Waals surface area contributed by atoms with Crippen LogP contribution < -0.4 is 11.3 Å². The van der Waals surface area contributed by atoms with Crippen molar-refractivity contribution in [3.8, 4) is 0 Å². The second-order valence-corrected chi connectivity index (χ2v) is 4.66. The molecule has 0 saturated heterocycles. The zero-order valence-corrected chi connectivity index (χ0v) is 9.76. The molecular weight excluding hydrogens is 200 g/mol. The summed E-state index contributed by atoms with van der Waals surface area (Å²) >= 11 is 0. The van der Waals surface area contributed by atoms with Crippen LogP contribution in [0.3, 0.4) is 0 Å². The summed E-state index contributed by atoms with van der Waals surface area (Å²) in [6, 6.07) is 0.206. The van der Waals surface area contributed by atoms with Gasteiger partial charge in [0, 0.05) is 18.0 Å². The van der Waals surface area contributed by atoms with Gasteiger partial charge in [-0.1, -0.05) is 19.8 Å². The van der Waals surface area contributed by atoms with E-state index in [-0.39, 0.29) is 6.04 Å². The summed E-state index contributed by atoms with van der Waals surface area (Å²) in [5.41, 5.74) is 4.03. The lowest BCUT2D eigenvalue weighted by Gasteiger charge is -2.22. The normalized spacial score (nSPS) is 26.9. The molecule has 1 aromatic rings. The van der Waals surface area contributed by atoms with Crippen molar-refractivity contribution in [1.82, 2.24) is 15.4 Å². The van der Waals surface area contributed by atoms with Gasteiger partial charge in [0.2, 0.25) is 0 Å². The fourth-order valence-electron chi connectivity index (χ4n) is 2.76. The van der Waals surface area contributed by atoms with Crippen molar-refractivity contribution in [1.29, 1.82) is 0 Å². The minimum Gasteiger partial charge on any atom is -0.271 e. The summed E-state index contributed by atoms with van der Waals surface area (Å²) in [5, 5.41) is 0. The number of nitrogens with two attached hydrogens (primary N) is 1. The topological polar surface area (TPSA) is 63.8 Å². The van der Waals surface area contributed by atoms with E-state index in [4.69, 9.17) is 5.84 Å². The maximum Gasteiger partial charge on any atom is 0.115 e. The molecule has 1 aliphatic carbocycles. The molecule has 0 amide bonds. The van der Waals surface area contributed by atoms with Crippen molar-refractivity contribution in [3.05, 3.63) is 24.3 Å². The summed E-state index contributed by atoms with van der Waals surface area (Å²) in [4.78, 5) is 8.11.